The molecule has 0 fully saturated rings. The van der Waals surface area contributed by atoms with Gasteiger partial charge in [0.15, 0.2) is 5.76 Å². The van der Waals surface area contributed by atoms with Crippen molar-refractivity contribution in [1.29, 1.82) is 0 Å². The lowest BCUT2D eigenvalue weighted by Crippen LogP contribution is -2.19. The standard InChI is InChI=1S/C5H4N2O7/c8-3(1(6-13)4(9)10)2(7-14)5(11)12/h8,13H,(H,9,10)(H,11,12)/b3-2+,6-1?. The van der Waals surface area contributed by atoms with E-state index in [1.54, 1.807) is 0 Å². The quantitative estimate of drug-likeness (QED) is 0.120. The van der Waals surface area contributed by atoms with Gasteiger partial charge in [-0.2, -0.15) is 0 Å². The van der Waals surface area contributed by atoms with E-state index in [2.05, 4.69) is 5.16 Å². The number of carboxylic acid groups (broad SMARTS) is 2. The van der Waals surface area contributed by atoms with Crippen LogP contribution in [0, 0.1) is 4.91 Å². The van der Waals surface area contributed by atoms with E-state index < -0.39 is 29.1 Å². The lowest BCUT2D eigenvalue weighted by atomic mass is 10.2. The fraction of sp³-hybridized carbons (Fsp3) is 0. The molecule has 0 aromatic rings. The molecule has 0 rings (SSSR count). The summed E-state index contributed by atoms with van der Waals surface area (Å²) in [5, 5.41) is 37.3. The van der Waals surface area contributed by atoms with Crippen molar-refractivity contribution >= 4 is 17.7 Å². The molecule has 0 radical (unpaired) electrons. The molecule has 0 amide bonds. The first-order valence-electron chi connectivity index (χ1n) is 2.91. The van der Waals surface area contributed by atoms with Gasteiger partial charge in [-0.3, -0.25) is 0 Å². The van der Waals surface area contributed by atoms with Gasteiger partial charge in [-0.25, -0.2) is 9.59 Å². The minimum absolute atomic E-state index is 1.39. The van der Waals surface area contributed by atoms with Crippen LogP contribution >= 0.6 is 0 Å². The number of carbonyl (C=O) groups is 2. The summed E-state index contributed by atoms with van der Waals surface area (Å²) in [5.74, 6) is -5.38. The van der Waals surface area contributed by atoms with Crippen LogP contribution < -0.4 is 0 Å². The topological polar surface area (TPSA) is 157 Å². The van der Waals surface area contributed by atoms with Gasteiger partial charge in [-0.1, -0.05) is 5.16 Å². The van der Waals surface area contributed by atoms with Crippen LogP contribution in [0.4, 0.5) is 0 Å². The first-order chi connectivity index (χ1) is 6.45. The molecule has 0 bridgehead atoms. The lowest BCUT2D eigenvalue weighted by molar-refractivity contribution is -0.132. The molecule has 0 spiro atoms. The second-order valence-electron chi connectivity index (χ2n) is 1.85. The summed E-state index contributed by atoms with van der Waals surface area (Å²) in [7, 11) is 0. The van der Waals surface area contributed by atoms with E-state index in [-0.39, 0.29) is 0 Å². The zero-order chi connectivity index (χ0) is 11.3. The zero-order valence-corrected chi connectivity index (χ0v) is 6.41. The van der Waals surface area contributed by atoms with Gasteiger partial charge in [0, 0.05) is 0 Å². The number of hydrogen-bond donors (Lipinski definition) is 4. The highest BCUT2D eigenvalue weighted by molar-refractivity contribution is 6.42. The fourth-order valence-electron chi connectivity index (χ4n) is 0.487. The summed E-state index contributed by atoms with van der Waals surface area (Å²) in [6, 6.07) is 0. The molecule has 14 heavy (non-hydrogen) atoms. The molecule has 0 heterocycles. The Balaban J connectivity index is 5.45. The second kappa shape index (κ2) is 4.54. The van der Waals surface area contributed by atoms with E-state index in [0.717, 1.165) is 0 Å². The lowest BCUT2D eigenvalue weighted by Gasteiger charge is -1.97. The molecule has 76 valence electrons. The van der Waals surface area contributed by atoms with Gasteiger partial charge >= 0.3 is 11.9 Å². The molecular weight excluding hydrogens is 200 g/mol. The smallest absolute Gasteiger partial charge is 0.362 e. The van der Waals surface area contributed by atoms with Gasteiger partial charge in [0.25, 0.3) is 0 Å². The van der Waals surface area contributed by atoms with E-state index in [9.17, 15) is 14.5 Å². The highest BCUT2D eigenvalue weighted by atomic mass is 16.4. The number of nitroso groups, excluding NO2 is 1. The van der Waals surface area contributed by atoms with Crippen LogP contribution in [-0.2, 0) is 9.59 Å². The fourth-order valence-corrected chi connectivity index (χ4v) is 0.487. The molecule has 4 N–H and O–H groups in total. The Kier molecular flexibility index (Phi) is 3.75. The van der Waals surface area contributed by atoms with Gasteiger partial charge < -0.3 is 20.5 Å². The van der Waals surface area contributed by atoms with Crippen molar-refractivity contribution in [2.45, 2.75) is 0 Å². The van der Waals surface area contributed by atoms with Crippen LogP contribution in [0.3, 0.4) is 0 Å². The Bertz CT molecular complexity index is 342. The molecule has 0 aliphatic rings. The molecule has 0 saturated heterocycles. The first-order valence-corrected chi connectivity index (χ1v) is 2.91. The minimum Gasteiger partial charge on any atom is -0.503 e. The van der Waals surface area contributed by atoms with Gasteiger partial charge in [-0.15, -0.1) is 4.91 Å². The maximum absolute atomic E-state index is 10.2. The molecule has 9 heteroatoms. The molecule has 0 aromatic heterocycles. The average Bonchev–Trinajstić information content (AvgIpc) is 2.04. The monoisotopic (exact) mass is 204 g/mol. The summed E-state index contributed by atoms with van der Waals surface area (Å²) < 4.78 is 0. The van der Waals surface area contributed by atoms with Crippen LogP contribution in [0.15, 0.2) is 21.8 Å². The van der Waals surface area contributed by atoms with Crippen molar-refractivity contribution in [1.82, 2.24) is 0 Å². The number of nitrogens with zero attached hydrogens (tertiary/aromatic N) is 2. The van der Waals surface area contributed by atoms with Gasteiger partial charge in [-0.05, 0) is 5.18 Å². The molecule has 0 aliphatic heterocycles. The largest absolute Gasteiger partial charge is 0.503 e. The number of aliphatic hydroxyl groups excluding tert-OH is 1. The Morgan fingerprint density at radius 3 is 1.71 bits per heavy atom. The molecule has 0 aromatic carbocycles. The molecule has 9 nitrogen and oxygen atoms in total. The maximum Gasteiger partial charge on any atom is 0.362 e. The van der Waals surface area contributed by atoms with Crippen LogP contribution in [0.1, 0.15) is 0 Å². The Labute approximate surface area is 75.6 Å². The van der Waals surface area contributed by atoms with Crippen LogP contribution in [0.5, 0.6) is 0 Å². The van der Waals surface area contributed by atoms with Crippen molar-refractivity contribution < 1.29 is 30.1 Å². The van der Waals surface area contributed by atoms with E-state index in [0.29, 0.717) is 0 Å². The highest BCUT2D eigenvalue weighted by Gasteiger charge is 2.24. The average molecular weight is 204 g/mol. The number of rotatable bonds is 4. The Morgan fingerprint density at radius 1 is 1.00 bits per heavy atom. The third-order valence-corrected chi connectivity index (χ3v) is 1.05. The third kappa shape index (κ3) is 2.27. The first kappa shape index (κ1) is 11.6. The van der Waals surface area contributed by atoms with Crippen LogP contribution in [0.25, 0.3) is 0 Å². The van der Waals surface area contributed by atoms with Crippen molar-refractivity contribution in [3.05, 3.63) is 16.4 Å². The zero-order valence-electron chi connectivity index (χ0n) is 6.41. The van der Waals surface area contributed by atoms with Gasteiger partial charge in [0.05, 0.1) is 0 Å². The highest BCUT2D eigenvalue weighted by Crippen LogP contribution is 2.05. The Morgan fingerprint density at radius 2 is 1.50 bits per heavy atom. The van der Waals surface area contributed by atoms with E-state index in [1.807, 2.05) is 5.18 Å². The van der Waals surface area contributed by atoms with E-state index >= 15 is 0 Å². The Hall–Kier alpha value is -2.45. The number of aliphatic hydroxyl groups is 1. The molecule has 0 atom stereocenters. The van der Waals surface area contributed by atoms with Crippen LogP contribution in [0.2, 0.25) is 0 Å². The van der Waals surface area contributed by atoms with E-state index in [4.69, 9.17) is 20.5 Å². The predicted octanol–water partition coefficient (Wildman–Crippen LogP) is -0.478. The number of aliphatic carboxylic acids is 2. The van der Waals surface area contributed by atoms with Crippen molar-refractivity contribution in [2.75, 3.05) is 0 Å². The maximum atomic E-state index is 10.2. The van der Waals surface area contributed by atoms with Crippen molar-refractivity contribution in [3.63, 3.8) is 0 Å². The summed E-state index contributed by atoms with van der Waals surface area (Å²) >= 11 is 0. The number of oxime groups is 1. The number of hydrogen-bond acceptors (Lipinski definition) is 7. The summed E-state index contributed by atoms with van der Waals surface area (Å²) in [6.07, 6.45) is 0. The third-order valence-electron chi connectivity index (χ3n) is 1.05. The van der Waals surface area contributed by atoms with Gasteiger partial charge in [0.1, 0.15) is 0 Å². The normalized spacial score (nSPS) is 13.0. The summed E-state index contributed by atoms with van der Waals surface area (Å²) in [4.78, 5) is 30.2. The van der Waals surface area contributed by atoms with E-state index in [1.165, 1.54) is 0 Å². The molecule has 0 unspecified atom stereocenters. The minimum atomic E-state index is -1.94. The predicted molar refractivity (Wildman–Crippen MR) is 39.9 cm³/mol. The van der Waals surface area contributed by atoms with Crippen molar-refractivity contribution in [2.24, 2.45) is 10.3 Å². The second-order valence-corrected chi connectivity index (χ2v) is 1.85. The molecule has 0 aliphatic carbocycles. The summed E-state index contributed by atoms with van der Waals surface area (Å²) in [6.45, 7) is 0. The molecule has 0 saturated carbocycles. The van der Waals surface area contributed by atoms with Crippen molar-refractivity contribution in [3.8, 4) is 0 Å². The van der Waals surface area contributed by atoms with Crippen LogP contribution in [-0.4, -0.2) is 38.2 Å². The SMILES string of the molecule is O=N/C(C(=O)O)=C(/O)C(=NO)C(=O)O. The number of carboxylic acids is 2. The van der Waals surface area contributed by atoms with Gasteiger partial charge in [0.2, 0.25) is 11.4 Å². The summed E-state index contributed by atoms with van der Waals surface area (Å²) in [5.41, 5.74) is -2.85. The molecular formula is C5H4N2O7.